The molecule has 0 spiro atoms. The van der Waals surface area contributed by atoms with E-state index in [0.717, 1.165) is 31.5 Å². The molecule has 4 aromatic rings. The van der Waals surface area contributed by atoms with E-state index in [-0.39, 0.29) is 63.8 Å². The lowest BCUT2D eigenvalue weighted by atomic mass is 10.0. The fraction of sp³-hybridized carbons (Fsp3) is 0.355. The number of fused-ring (bicyclic) bond motifs is 2. The lowest BCUT2D eigenvalue weighted by Gasteiger charge is -2.40. The Hall–Kier alpha value is -4.45. The van der Waals surface area contributed by atoms with E-state index in [1.807, 2.05) is 18.9 Å². The minimum Gasteiger partial charge on any atom is -0.462 e. The number of benzene rings is 2. The van der Waals surface area contributed by atoms with Gasteiger partial charge in [0.25, 0.3) is 0 Å². The Labute approximate surface area is 245 Å². The van der Waals surface area contributed by atoms with Crippen molar-refractivity contribution in [1.29, 1.82) is 0 Å². The molecule has 1 amide bonds. The van der Waals surface area contributed by atoms with Gasteiger partial charge in [-0.25, -0.2) is 13.2 Å². The normalized spacial score (nSPS) is 19.4. The van der Waals surface area contributed by atoms with Crippen LogP contribution in [-0.4, -0.2) is 82.6 Å². The molecule has 0 bridgehead atoms. The van der Waals surface area contributed by atoms with E-state index >= 15 is 8.78 Å². The molecule has 0 unspecified atom stereocenters. The van der Waals surface area contributed by atoms with Crippen molar-refractivity contribution in [3.63, 3.8) is 0 Å². The van der Waals surface area contributed by atoms with Crippen LogP contribution in [0.3, 0.4) is 0 Å². The first-order chi connectivity index (χ1) is 20.7. The van der Waals surface area contributed by atoms with Crippen LogP contribution in [-0.2, 0) is 4.79 Å². The van der Waals surface area contributed by atoms with Crippen molar-refractivity contribution in [2.45, 2.75) is 31.8 Å². The number of carbonyl (C=O) groups is 1. The van der Waals surface area contributed by atoms with Crippen molar-refractivity contribution in [1.82, 2.24) is 24.8 Å². The Bertz CT molecular complexity index is 1810. The molecule has 1 N–H and O–H groups in total. The van der Waals surface area contributed by atoms with E-state index in [2.05, 4.69) is 26.4 Å². The third kappa shape index (κ3) is 5.20. The Morgan fingerprint density at radius 3 is 2.70 bits per heavy atom. The fourth-order valence-electron chi connectivity index (χ4n) is 6.11. The first-order valence-electron chi connectivity index (χ1n) is 14.2. The second-order valence-corrected chi connectivity index (χ2v) is 11.1. The molecular formula is C31H31F3N6O3. The zero-order valence-corrected chi connectivity index (χ0v) is 23.9. The number of rotatable bonds is 6. The Kier molecular flexibility index (Phi) is 7.55. The number of halogens is 3. The van der Waals surface area contributed by atoms with Crippen molar-refractivity contribution in [3.05, 3.63) is 70.8 Å². The molecule has 2 aromatic carbocycles. The van der Waals surface area contributed by atoms with Crippen molar-refractivity contribution >= 4 is 33.4 Å². The Balaban J connectivity index is 1.52. The largest absolute Gasteiger partial charge is 0.462 e. The molecule has 0 aliphatic carbocycles. The number of H-pyrrole nitrogens is 1. The van der Waals surface area contributed by atoms with Crippen LogP contribution in [0, 0.1) is 17.5 Å². The fourth-order valence-corrected chi connectivity index (χ4v) is 6.11. The van der Waals surface area contributed by atoms with Crippen molar-refractivity contribution < 1.29 is 22.7 Å². The summed E-state index contributed by atoms with van der Waals surface area (Å²) in [4.78, 5) is 41.8. The second kappa shape index (κ2) is 11.3. The minimum absolute atomic E-state index is 0.0856. The molecule has 0 radical (unpaired) electrons. The van der Waals surface area contributed by atoms with Gasteiger partial charge in [0.2, 0.25) is 11.5 Å². The van der Waals surface area contributed by atoms with Gasteiger partial charge in [0.1, 0.15) is 29.6 Å². The van der Waals surface area contributed by atoms with Crippen molar-refractivity contribution in [3.8, 4) is 17.3 Å². The molecule has 224 valence electrons. The minimum atomic E-state index is -1.08. The summed E-state index contributed by atoms with van der Waals surface area (Å²) >= 11 is 0. The highest BCUT2D eigenvalue weighted by atomic mass is 19.1. The van der Waals surface area contributed by atoms with E-state index in [0.29, 0.717) is 19.6 Å². The number of likely N-dealkylation sites (tertiary alicyclic amines) is 1. The smallest absolute Gasteiger partial charge is 0.319 e. The van der Waals surface area contributed by atoms with E-state index in [9.17, 15) is 14.0 Å². The molecule has 2 aromatic heterocycles. The lowest BCUT2D eigenvalue weighted by Crippen LogP contribution is -2.53. The van der Waals surface area contributed by atoms with Gasteiger partial charge in [0.15, 0.2) is 5.82 Å². The zero-order valence-electron chi connectivity index (χ0n) is 23.9. The molecule has 2 atom stereocenters. The molecular weight excluding hydrogens is 561 g/mol. The van der Waals surface area contributed by atoms with E-state index < -0.39 is 28.6 Å². The summed E-state index contributed by atoms with van der Waals surface area (Å²) in [7, 11) is 2.00. The number of carbonyl (C=O) groups excluding carboxylic acids is 1. The molecule has 0 saturated carbocycles. The average molecular weight is 593 g/mol. The predicted molar refractivity (Wildman–Crippen MR) is 158 cm³/mol. The topological polar surface area (TPSA) is 94.7 Å². The molecule has 9 nitrogen and oxygen atoms in total. The quantitative estimate of drug-likeness (QED) is 0.335. The molecule has 2 aliphatic heterocycles. The molecule has 4 heterocycles. The number of likely N-dealkylation sites (N-methyl/N-ethyl adjacent to an activating group) is 1. The summed E-state index contributed by atoms with van der Waals surface area (Å²) in [5.74, 6) is -2.80. The highest BCUT2D eigenvalue weighted by Crippen LogP contribution is 2.38. The second-order valence-electron chi connectivity index (χ2n) is 11.1. The summed E-state index contributed by atoms with van der Waals surface area (Å²) < 4.78 is 53.5. The van der Waals surface area contributed by atoms with E-state index in [1.165, 1.54) is 24.3 Å². The third-order valence-corrected chi connectivity index (χ3v) is 8.39. The SMILES string of the molecule is C=CC(=O)N1CCN(c2nc(OC[C@@H]3CCCN3C)nc3c(F)c(-c4[nH]c(=O)cc5cccc(F)c45)c(F)cc23)[C@@H](C)C1. The molecule has 2 saturated heterocycles. The number of aromatic nitrogens is 3. The number of hydrogen-bond donors (Lipinski definition) is 1. The average Bonchev–Trinajstić information content (AvgIpc) is 3.39. The van der Waals surface area contributed by atoms with Gasteiger partial charge in [-0.05, 0) is 57.0 Å². The predicted octanol–water partition coefficient (Wildman–Crippen LogP) is 4.25. The Morgan fingerprint density at radius 1 is 1.16 bits per heavy atom. The molecule has 43 heavy (non-hydrogen) atoms. The van der Waals surface area contributed by atoms with Crippen LogP contribution in [0.25, 0.3) is 32.9 Å². The van der Waals surface area contributed by atoms with Crippen LogP contribution in [0.15, 0.2) is 47.8 Å². The van der Waals surface area contributed by atoms with Crippen LogP contribution in [0.4, 0.5) is 19.0 Å². The number of nitrogens with zero attached hydrogens (tertiary/aromatic N) is 5. The maximum Gasteiger partial charge on any atom is 0.319 e. The summed E-state index contributed by atoms with van der Waals surface area (Å²) in [5.41, 5.74) is -1.80. The summed E-state index contributed by atoms with van der Waals surface area (Å²) in [6.07, 6.45) is 3.20. The summed E-state index contributed by atoms with van der Waals surface area (Å²) in [5, 5.41) is 0.167. The number of nitrogens with one attached hydrogen (secondary N) is 1. The number of pyridine rings is 1. The molecule has 12 heteroatoms. The van der Waals surface area contributed by atoms with Crippen LogP contribution in [0.2, 0.25) is 0 Å². The number of anilines is 1. The first-order valence-corrected chi connectivity index (χ1v) is 14.2. The van der Waals surface area contributed by atoms with Crippen molar-refractivity contribution in [2.75, 3.05) is 44.7 Å². The van der Waals surface area contributed by atoms with Gasteiger partial charge in [-0.15, -0.1) is 0 Å². The number of ether oxygens (including phenoxy) is 1. The van der Waals surface area contributed by atoms with Gasteiger partial charge in [0, 0.05) is 48.6 Å². The van der Waals surface area contributed by atoms with Crippen LogP contribution in [0.1, 0.15) is 19.8 Å². The molecule has 2 fully saturated rings. The number of hydrogen-bond acceptors (Lipinski definition) is 7. The van der Waals surface area contributed by atoms with Crippen LogP contribution < -0.4 is 15.2 Å². The summed E-state index contributed by atoms with van der Waals surface area (Å²) in [6, 6.07) is 6.12. The van der Waals surface area contributed by atoms with Crippen LogP contribution >= 0.6 is 0 Å². The van der Waals surface area contributed by atoms with Crippen molar-refractivity contribution in [2.24, 2.45) is 0 Å². The summed E-state index contributed by atoms with van der Waals surface area (Å²) in [6.45, 7) is 7.68. The van der Waals surface area contributed by atoms with Gasteiger partial charge < -0.3 is 24.4 Å². The maximum atomic E-state index is 16.5. The van der Waals surface area contributed by atoms with Gasteiger partial charge in [-0.2, -0.15) is 9.97 Å². The van der Waals surface area contributed by atoms with Gasteiger partial charge >= 0.3 is 6.01 Å². The zero-order chi connectivity index (χ0) is 30.4. The highest BCUT2D eigenvalue weighted by Gasteiger charge is 2.31. The van der Waals surface area contributed by atoms with E-state index in [1.54, 1.807) is 4.90 Å². The molecule has 6 rings (SSSR count). The first kappa shape index (κ1) is 28.7. The standard InChI is InChI=1S/C31H31F3N6O3/c1-4-24(42)39-11-12-40(17(2)15-39)30-20-14-22(33)26(29-25-18(13-23(41)35-29)7-5-9-21(25)32)27(34)28(20)36-31(37-30)43-16-19-8-6-10-38(19)3/h4-5,7,9,13-14,17,19H,1,6,8,10-12,15-16H2,2-3H3,(H,35,41)/t17-,19-/m0/s1. The number of amides is 1. The van der Waals surface area contributed by atoms with E-state index in [4.69, 9.17) is 4.74 Å². The lowest BCUT2D eigenvalue weighted by molar-refractivity contribution is -0.126. The van der Waals surface area contributed by atoms with Gasteiger partial charge in [-0.1, -0.05) is 18.7 Å². The highest BCUT2D eigenvalue weighted by molar-refractivity contribution is 5.99. The Morgan fingerprint density at radius 2 is 1.98 bits per heavy atom. The monoisotopic (exact) mass is 592 g/mol. The maximum absolute atomic E-state index is 16.5. The number of aromatic amines is 1. The van der Waals surface area contributed by atoms with Crippen LogP contribution in [0.5, 0.6) is 6.01 Å². The van der Waals surface area contributed by atoms with Gasteiger partial charge in [0.05, 0.1) is 11.3 Å². The van der Waals surface area contributed by atoms with Gasteiger partial charge in [-0.3, -0.25) is 9.59 Å². The third-order valence-electron chi connectivity index (χ3n) is 8.39. The molecule has 2 aliphatic rings. The number of piperazine rings is 1.